The summed E-state index contributed by atoms with van der Waals surface area (Å²) in [7, 11) is 6.33. The summed E-state index contributed by atoms with van der Waals surface area (Å²) in [6.07, 6.45) is 6.73. The first-order valence-electron chi connectivity index (χ1n) is 11.0. The van der Waals surface area contributed by atoms with E-state index in [0.717, 1.165) is 35.7 Å². The molecule has 1 radical (unpaired) electrons. The number of anilines is 1. The number of allylic oxidation sites excluding steroid dienone is 2. The number of hydrogen-bond donors (Lipinski definition) is 0. The molecule has 1 fully saturated rings. The first kappa shape index (κ1) is 22.8. The zero-order valence-corrected chi connectivity index (χ0v) is 19.5. The normalized spacial score (nSPS) is 18.0. The van der Waals surface area contributed by atoms with E-state index in [4.69, 9.17) is 33.2 Å². The van der Waals surface area contributed by atoms with Crippen molar-refractivity contribution in [2.24, 2.45) is 0 Å². The zero-order chi connectivity index (χ0) is 24.0. The van der Waals surface area contributed by atoms with E-state index in [0.29, 0.717) is 34.4 Å². The van der Waals surface area contributed by atoms with Gasteiger partial charge in [0.2, 0.25) is 0 Å². The number of benzene rings is 2. The number of ether oxygens (including phenoxy) is 1. The number of aryl methyl sites for hydroxylation is 2. The first-order valence-corrected chi connectivity index (χ1v) is 11.4. The molecule has 4 nitrogen and oxygen atoms in total. The molecule has 0 N–H and O–H groups in total. The SMILES string of the molecule is [B]=C1C=CC(c2nc([C@@H]3CCCO3)oc2-c2ccc(F)cc2F)=CN1c1c(C)cc(Cl)cc1C. The van der Waals surface area contributed by atoms with E-state index in [-0.39, 0.29) is 17.4 Å². The molecular formula is C26H21BClF2N2O2. The molecule has 0 aliphatic carbocycles. The minimum absolute atomic E-state index is 0.121. The van der Waals surface area contributed by atoms with Gasteiger partial charge in [0, 0.05) is 0 Å². The van der Waals surface area contributed by atoms with Crippen molar-refractivity contribution in [2.75, 3.05) is 11.5 Å². The van der Waals surface area contributed by atoms with Gasteiger partial charge in [0.15, 0.2) is 0 Å². The van der Waals surface area contributed by atoms with Crippen molar-refractivity contribution >= 4 is 35.9 Å². The van der Waals surface area contributed by atoms with E-state index < -0.39 is 11.6 Å². The van der Waals surface area contributed by atoms with Crippen LogP contribution in [0.3, 0.4) is 0 Å². The van der Waals surface area contributed by atoms with Crippen molar-refractivity contribution in [3.8, 4) is 11.3 Å². The van der Waals surface area contributed by atoms with Gasteiger partial charge in [-0.1, -0.05) is 0 Å². The fourth-order valence-corrected chi connectivity index (χ4v) is 4.75. The summed E-state index contributed by atoms with van der Waals surface area (Å²) in [6.45, 7) is 4.52. The first-order chi connectivity index (χ1) is 16.3. The van der Waals surface area contributed by atoms with Gasteiger partial charge in [-0.15, -0.1) is 0 Å². The van der Waals surface area contributed by atoms with Gasteiger partial charge in [-0.3, -0.25) is 0 Å². The summed E-state index contributed by atoms with van der Waals surface area (Å²) in [4.78, 5) is 6.55. The average Bonchev–Trinajstić information content (AvgIpc) is 3.44. The number of halogens is 3. The van der Waals surface area contributed by atoms with Crippen molar-refractivity contribution < 1.29 is 17.9 Å². The molecule has 2 aromatic carbocycles. The molecule has 5 rings (SSSR count). The number of rotatable bonds is 4. The Morgan fingerprint density at radius 1 is 1.12 bits per heavy atom. The Balaban J connectivity index is 1.65. The molecule has 0 unspecified atom stereocenters. The monoisotopic (exact) mass is 477 g/mol. The maximum absolute atomic E-state index is 14.8. The van der Waals surface area contributed by atoms with E-state index in [2.05, 4.69) is 0 Å². The van der Waals surface area contributed by atoms with Crippen LogP contribution in [0.2, 0.25) is 5.02 Å². The van der Waals surface area contributed by atoms with E-state index in [1.165, 1.54) is 12.1 Å². The molecule has 2 aliphatic heterocycles. The third kappa shape index (κ3) is 4.14. The molecule has 1 saturated heterocycles. The van der Waals surface area contributed by atoms with E-state index in [1.54, 1.807) is 12.2 Å². The van der Waals surface area contributed by atoms with Gasteiger partial charge in [-0.05, 0) is 0 Å². The predicted octanol–water partition coefficient (Wildman–Crippen LogP) is 6.46. The van der Waals surface area contributed by atoms with Crippen LogP contribution in [-0.2, 0) is 4.74 Å². The van der Waals surface area contributed by atoms with E-state index >= 15 is 0 Å². The third-order valence-electron chi connectivity index (χ3n) is 5.97. The van der Waals surface area contributed by atoms with Gasteiger partial charge in [-0.2, -0.15) is 0 Å². The molecule has 8 heteroatoms. The van der Waals surface area contributed by atoms with Gasteiger partial charge in [0.1, 0.15) is 0 Å². The second-order valence-corrected chi connectivity index (χ2v) is 8.89. The standard InChI is InChI=1S/C26H21BClF2N2O2/c1-14-10-17(28)11-15(2)24(14)32-13-16(5-8-22(32)27)23-25(19-7-6-18(29)12-20(19)30)34-26(31-23)21-4-3-9-33-21/h5-8,10-13,21H,3-4,9H2,1-2H3/t21-/m0/s1. The number of hydrogen-bond acceptors (Lipinski definition) is 4. The molecule has 0 amide bonds. The Morgan fingerprint density at radius 3 is 2.56 bits per heavy atom. The van der Waals surface area contributed by atoms with E-state index in [1.807, 2.05) is 37.1 Å². The van der Waals surface area contributed by atoms with Crippen molar-refractivity contribution in [3.63, 3.8) is 0 Å². The van der Waals surface area contributed by atoms with Crippen LogP contribution in [-0.4, -0.2) is 24.7 Å². The number of nitrogens with zero attached hydrogens (tertiary/aromatic N) is 2. The second-order valence-electron chi connectivity index (χ2n) is 8.46. The minimum atomic E-state index is -0.732. The molecule has 2 aliphatic rings. The van der Waals surface area contributed by atoms with Gasteiger partial charge in [0.25, 0.3) is 0 Å². The van der Waals surface area contributed by atoms with Crippen LogP contribution < -0.4 is 4.90 Å². The fourth-order valence-electron chi connectivity index (χ4n) is 4.43. The molecule has 1 aromatic heterocycles. The summed E-state index contributed by atoms with van der Waals surface area (Å²) >= 11 is 6.22. The fraction of sp³-hybridized carbons (Fsp3) is 0.231. The molecular weight excluding hydrogens is 457 g/mol. The van der Waals surface area contributed by atoms with Crippen molar-refractivity contribution in [3.05, 3.63) is 88.1 Å². The third-order valence-corrected chi connectivity index (χ3v) is 6.19. The molecule has 34 heavy (non-hydrogen) atoms. The number of oxazole rings is 1. The van der Waals surface area contributed by atoms with Gasteiger partial charge < -0.3 is 0 Å². The Hall–Kier alpha value is -3.03. The van der Waals surface area contributed by atoms with E-state index in [9.17, 15) is 8.78 Å². The van der Waals surface area contributed by atoms with Crippen LogP contribution in [0.15, 0.2) is 53.1 Å². The topological polar surface area (TPSA) is 38.5 Å². The Kier molecular flexibility index (Phi) is 6.00. The number of aromatic nitrogens is 1. The molecule has 1 atom stereocenters. The maximum atomic E-state index is 14.8. The van der Waals surface area contributed by atoms with Crippen molar-refractivity contribution in [1.82, 2.24) is 4.98 Å². The quantitative estimate of drug-likeness (QED) is 0.404. The average molecular weight is 478 g/mol. The van der Waals surface area contributed by atoms with Gasteiger partial charge in [-0.25, -0.2) is 0 Å². The molecule has 0 saturated carbocycles. The molecule has 0 spiro atoms. The van der Waals surface area contributed by atoms with Crippen LogP contribution in [0.1, 0.15) is 41.7 Å². The summed E-state index contributed by atoms with van der Waals surface area (Å²) in [5.41, 5.74) is 4.50. The van der Waals surface area contributed by atoms with Crippen LogP contribution in [0.25, 0.3) is 16.9 Å². The van der Waals surface area contributed by atoms with Crippen molar-refractivity contribution in [1.29, 1.82) is 0 Å². The molecule has 3 heterocycles. The van der Waals surface area contributed by atoms with Gasteiger partial charge >= 0.3 is 203 Å². The van der Waals surface area contributed by atoms with Crippen LogP contribution in [0.5, 0.6) is 0 Å². The summed E-state index contributed by atoms with van der Waals surface area (Å²) in [6, 6.07) is 7.12. The van der Waals surface area contributed by atoms with Crippen LogP contribution >= 0.6 is 11.6 Å². The molecule has 171 valence electrons. The zero-order valence-electron chi connectivity index (χ0n) is 18.7. The van der Waals surface area contributed by atoms with Crippen molar-refractivity contribution in [2.45, 2.75) is 32.8 Å². The summed E-state index contributed by atoms with van der Waals surface area (Å²) in [5, 5.41) is 0.640. The molecule has 3 aromatic rings. The Morgan fingerprint density at radius 2 is 1.88 bits per heavy atom. The van der Waals surface area contributed by atoms with Crippen LogP contribution in [0, 0.1) is 25.5 Å². The Labute approximate surface area is 202 Å². The second kappa shape index (κ2) is 8.97. The van der Waals surface area contributed by atoms with Crippen LogP contribution in [0.4, 0.5) is 14.5 Å². The predicted molar refractivity (Wildman–Crippen MR) is 131 cm³/mol. The van der Waals surface area contributed by atoms with Gasteiger partial charge in [0.05, 0.1) is 0 Å². The Bertz CT molecular complexity index is 1340. The molecule has 0 bridgehead atoms. The summed E-state index contributed by atoms with van der Waals surface area (Å²) < 4.78 is 40.1. The summed E-state index contributed by atoms with van der Waals surface area (Å²) in [5.74, 6) is -0.818.